The minimum atomic E-state index is -0.731. The van der Waals surface area contributed by atoms with E-state index in [0.717, 1.165) is 41.3 Å². The Morgan fingerprint density at radius 2 is 1.60 bits per heavy atom. The van der Waals surface area contributed by atoms with Gasteiger partial charge in [0.05, 0.1) is 6.04 Å². The smallest absolute Gasteiger partial charge is 0.320 e. The van der Waals surface area contributed by atoms with Crippen LogP contribution in [0.2, 0.25) is 0 Å². The highest BCUT2D eigenvalue weighted by Crippen LogP contribution is 2.36. The lowest BCUT2D eigenvalue weighted by Crippen LogP contribution is -2.46. The highest BCUT2D eigenvalue weighted by Gasteiger charge is 2.35. The van der Waals surface area contributed by atoms with E-state index in [4.69, 9.17) is 0 Å². The van der Waals surface area contributed by atoms with E-state index in [-0.39, 0.29) is 6.04 Å². The first-order valence-corrected chi connectivity index (χ1v) is 10.5. The summed E-state index contributed by atoms with van der Waals surface area (Å²) in [7, 11) is 0. The molecule has 2 heterocycles. The Labute approximate surface area is 175 Å². The summed E-state index contributed by atoms with van der Waals surface area (Å²) in [5, 5.41) is 14.5. The summed E-state index contributed by atoms with van der Waals surface area (Å²) >= 11 is 0. The van der Waals surface area contributed by atoms with Crippen LogP contribution in [0.15, 0.2) is 79.1 Å². The Balaban J connectivity index is 1.68. The summed E-state index contributed by atoms with van der Waals surface area (Å²) < 4.78 is 0. The molecule has 0 radical (unpaired) electrons. The monoisotopic (exact) mass is 396 g/mol. The molecule has 1 fully saturated rings. The van der Waals surface area contributed by atoms with Gasteiger partial charge in [-0.05, 0) is 64.9 Å². The zero-order chi connectivity index (χ0) is 20.5. The molecule has 0 bridgehead atoms. The average Bonchev–Trinajstić information content (AvgIpc) is 2.79. The number of carbonyl (C=O) groups is 1. The molecule has 3 aromatic carbocycles. The van der Waals surface area contributed by atoms with Gasteiger partial charge in [0, 0.05) is 17.8 Å². The molecule has 1 aromatic heterocycles. The molecule has 5 rings (SSSR count). The maximum absolute atomic E-state index is 12.1. The van der Waals surface area contributed by atoms with E-state index < -0.39 is 12.0 Å². The molecule has 2 atom stereocenters. The Bertz CT molecular complexity index is 1140. The van der Waals surface area contributed by atoms with Crippen LogP contribution in [0.25, 0.3) is 21.5 Å². The molecule has 4 heteroatoms. The number of hydrogen-bond donors (Lipinski definition) is 1. The number of benzene rings is 3. The number of rotatable bonds is 4. The van der Waals surface area contributed by atoms with Crippen LogP contribution in [0.5, 0.6) is 0 Å². The minimum absolute atomic E-state index is 0.103. The van der Waals surface area contributed by atoms with Crippen LogP contribution < -0.4 is 0 Å². The molecule has 1 saturated heterocycles. The molecular formula is C26H24N2O2. The first kappa shape index (κ1) is 18.8. The van der Waals surface area contributed by atoms with Gasteiger partial charge in [0.1, 0.15) is 6.04 Å². The molecule has 4 nitrogen and oxygen atoms in total. The predicted molar refractivity (Wildman–Crippen MR) is 120 cm³/mol. The topological polar surface area (TPSA) is 53.4 Å². The second-order valence-corrected chi connectivity index (χ2v) is 8.08. The third-order valence-electron chi connectivity index (χ3n) is 6.23. The SMILES string of the molecule is O=C(O)C1CCCCN1C(c1ccc2ccccc2c1)c1ccc2cnccc2c1. The Morgan fingerprint density at radius 1 is 0.900 bits per heavy atom. The number of aromatic nitrogens is 1. The van der Waals surface area contributed by atoms with Crippen molar-refractivity contribution in [3.63, 3.8) is 0 Å². The van der Waals surface area contributed by atoms with Gasteiger partial charge in [-0.1, -0.05) is 55.0 Å². The highest BCUT2D eigenvalue weighted by atomic mass is 16.4. The molecule has 2 unspecified atom stereocenters. The van der Waals surface area contributed by atoms with Gasteiger partial charge in [-0.3, -0.25) is 14.7 Å². The summed E-state index contributed by atoms with van der Waals surface area (Å²) in [6.07, 6.45) is 6.34. The van der Waals surface area contributed by atoms with Gasteiger partial charge < -0.3 is 5.11 Å². The van der Waals surface area contributed by atoms with Crippen molar-refractivity contribution in [3.05, 3.63) is 90.3 Å². The van der Waals surface area contributed by atoms with E-state index in [1.807, 2.05) is 24.4 Å². The van der Waals surface area contributed by atoms with Crippen molar-refractivity contribution in [2.24, 2.45) is 0 Å². The molecule has 0 amide bonds. The Morgan fingerprint density at radius 3 is 2.37 bits per heavy atom. The summed E-state index contributed by atoms with van der Waals surface area (Å²) in [6, 6.07) is 22.7. The predicted octanol–water partition coefficient (Wildman–Crippen LogP) is 5.42. The summed E-state index contributed by atoms with van der Waals surface area (Å²) in [5.74, 6) is -0.731. The zero-order valence-electron chi connectivity index (χ0n) is 16.7. The second-order valence-electron chi connectivity index (χ2n) is 8.08. The first-order valence-electron chi connectivity index (χ1n) is 10.5. The first-order chi connectivity index (χ1) is 14.7. The van der Waals surface area contributed by atoms with Gasteiger partial charge in [-0.25, -0.2) is 0 Å². The van der Waals surface area contributed by atoms with E-state index >= 15 is 0 Å². The Kier molecular flexibility index (Phi) is 4.93. The fourth-order valence-electron chi connectivity index (χ4n) is 4.75. The molecule has 150 valence electrons. The molecule has 1 aliphatic rings. The minimum Gasteiger partial charge on any atom is -0.480 e. The van der Waals surface area contributed by atoms with Crippen molar-refractivity contribution in [1.82, 2.24) is 9.88 Å². The lowest BCUT2D eigenvalue weighted by Gasteiger charge is -2.39. The van der Waals surface area contributed by atoms with Crippen LogP contribution in [-0.4, -0.2) is 33.5 Å². The molecule has 0 aliphatic carbocycles. The molecule has 0 saturated carbocycles. The van der Waals surface area contributed by atoms with Crippen molar-refractivity contribution >= 4 is 27.5 Å². The van der Waals surface area contributed by atoms with Gasteiger partial charge in [-0.15, -0.1) is 0 Å². The van der Waals surface area contributed by atoms with Crippen LogP contribution in [-0.2, 0) is 4.79 Å². The normalized spacial score (nSPS) is 18.5. The van der Waals surface area contributed by atoms with Crippen molar-refractivity contribution in [1.29, 1.82) is 0 Å². The molecule has 1 aliphatic heterocycles. The third-order valence-corrected chi connectivity index (χ3v) is 6.23. The fraction of sp³-hybridized carbons (Fsp3) is 0.231. The van der Waals surface area contributed by atoms with E-state index in [2.05, 4.69) is 58.4 Å². The van der Waals surface area contributed by atoms with Gasteiger partial charge in [0.15, 0.2) is 0 Å². The van der Waals surface area contributed by atoms with Crippen LogP contribution in [0.4, 0.5) is 0 Å². The number of nitrogens with zero attached hydrogens (tertiary/aromatic N) is 2. The van der Waals surface area contributed by atoms with Gasteiger partial charge >= 0.3 is 5.97 Å². The van der Waals surface area contributed by atoms with E-state index in [9.17, 15) is 9.90 Å². The van der Waals surface area contributed by atoms with Crippen molar-refractivity contribution in [2.75, 3.05) is 6.54 Å². The standard InChI is InChI=1S/C26H24N2O2/c29-26(30)24-7-3-4-14-28(24)25(21-9-8-18-5-1-2-6-19(18)15-21)22-10-11-23-17-27-13-12-20(23)16-22/h1-2,5-6,8-13,15-17,24-25H,3-4,7,14H2,(H,29,30). The molecule has 4 aromatic rings. The van der Waals surface area contributed by atoms with E-state index in [1.54, 1.807) is 6.20 Å². The quantitative estimate of drug-likeness (QED) is 0.501. The number of likely N-dealkylation sites (tertiary alicyclic amines) is 1. The number of carboxylic acids is 1. The van der Waals surface area contributed by atoms with Gasteiger partial charge in [-0.2, -0.15) is 0 Å². The number of fused-ring (bicyclic) bond motifs is 2. The average molecular weight is 396 g/mol. The lowest BCUT2D eigenvalue weighted by atomic mass is 9.90. The lowest BCUT2D eigenvalue weighted by molar-refractivity contribution is -0.145. The van der Waals surface area contributed by atoms with E-state index in [0.29, 0.717) is 6.42 Å². The maximum Gasteiger partial charge on any atom is 0.320 e. The van der Waals surface area contributed by atoms with Crippen molar-refractivity contribution in [3.8, 4) is 0 Å². The summed E-state index contributed by atoms with van der Waals surface area (Å²) in [4.78, 5) is 18.5. The fourth-order valence-corrected chi connectivity index (χ4v) is 4.75. The molecule has 0 spiro atoms. The Hall–Kier alpha value is -3.24. The van der Waals surface area contributed by atoms with Gasteiger partial charge in [0.2, 0.25) is 0 Å². The number of hydrogen-bond acceptors (Lipinski definition) is 3. The van der Waals surface area contributed by atoms with Gasteiger partial charge in [0.25, 0.3) is 0 Å². The summed E-state index contributed by atoms with van der Waals surface area (Å²) in [5.41, 5.74) is 2.26. The third kappa shape index (κ3) is 3.44. The maximum atomic E-state index is 12.1. The molecule has 1 N–H and O–H groups in total. The number of piperidine rings is 1. The van der Waals surface area contributed by atoms with E-state index in [1.165, 1.54) is 10.8 Å². The largest absolute Gasteiger partial charge is 0.480 e. The van der Waals surface area contributed by atoms with Crippen molar-refractivity contribution in [2.45, 2.75) is 31.3 Å². The van der Waals surface area contributed by atoms with Crippen LogP contribution in [0, 0.1) is 0 Å². The van der Waals surface area contributed by atoms with Crippen LogP contribution in [0.1, 0.15) is 36.4 Å². The summed E-state index contributed by atoms with van der Waals surface area (Å²) in [6.45, 7) is 0.781. The number of aliphatic carboxylic acids is 1. The second kappa shape index (κ2) is 7.88. The number of pyridine rings is 1. The zero-order valence-corrected chi connectivity index (χ0v) is 16.7. The van der Waals surface area contributed by atoms with Crippen LogP contribution >= 0.6 is 0 Å². The van der Waals surface area contributed by atoms with Crippen LogP contribution in [0.3, 0.4) is 0 Å². The highest BCUT2D eigenvalue weighted by molar-refractivity contribution is 5.84. The molecule has 30 heavy (non-hydrogen) atoms. The molecular weight excluding hydrogens is 372 g/mol. The van der Waals surface area contributed by atoms with Crippen molar-refractivity contribution < 1.29 is 9.90 Å². The number of carboxylic acid groups (broad SMARTS) is 1.